The van der Waals surface area contributed by atoms with E-state index in [9.17, 15) is 0 Å². The van der Waals surface area contributed by atoms with Gasteiger partial charge >= 0.3 is 87.6 Å². The lowest BCUT2D eigenvalue weighted by molar-refractivity contribution is 0.0710. The van der Waals surface area contributed by atoms with Crippen molar-refractivity contribution in [2.75, 3.05) is 192 Å². The molecule has 720 valence electrons. The molecule has 0 unspecified atom stereocenters. The van der Waals surface area contributed by atoms with Gasteiger partial charge in [-0.3, -0.25) is 0 Å². The zero-order valence-electron chi connectivity index (χ0n) is 82.9. The first-order valence-corrected chi connectivity index (χ1v) is 63.4. The summed E-state index contributed by atoms with van der Waals surface area (Å²) in [4.78, 5) is 0. The van der Waals surface area contributed by atoms with E-state index in [1.165, 1.54) is 11.1 Å². The fourth-order valence-electron chi connectivity index (χ4n) is 11.3. The van der Waals surface area contributed by atoms with Crippen LogP contribution in [0.3, 0.4) is 0 Å². The van der Waals surface area contributed by atoms with Crippen molar-refractivity contribution in [2.45, 2.75) is 213 Å². The molecule has 0 aliphatic rings. The third-order valence-corrected chi connectivity index (χ3v) is 47.5. The summed E-state index contributed by atoms with van der Waals surface area (Å²) in [5.41, 5.74) is 2.58. The van der Waals surface area contributed by atoms with Gasteiger partial charge < -0.3 is 124 Å². The molecule has 0 atom stereocenters. The Balaban J connectivity index is -0.000000309. The van der Waals surface area contributed by atoms with Crippen LogP contribution in [0.25, 0.3) is 0 Å². The van der Waals surface area contributed by atoms with E-state index in [1.54, 1.807) is 99.5 Å². The average molecular weight is 1920 g/mol. The molecule has 0 saturated heterocycles. The lowest BCUT2D eigenvalue weighted by Gasteiger charge is -2.28. The topological polar surface area (TPSA) is 258 Å². The van der Waals surface area contributed by atoms with Gasteiger partial charge in [-0.2, -0.15) is 0 Å². The second-order valence-corrected chi connectivity index (χ2v) is 56.1. The standard InChI is InChI=1S/C14H24O3Si.C12H20O3Si.C11H18O3Si.C9H14O3Si.C8H20O3Si.C8H20O2Si.C7H18O3Si.C6H16O2Si.C5H14O3Si.C4H12O3Si/c1-4-15-18(16-5-2,17-6-3)13-12-14-10-8-7-9-11-14;1-4-13-16(14-5-2,15-6-3)12-10-8-7-9-11-12;1-12-15(13-2,14-3)10-9-11-7-5-4-6-8-11;1-10-13(11-2,12-3)9-7-5-4-6-8-9;1-5-9-12(8-4,10-6-2)11-7-3;1-5-9-11(7-3,8-4)10-6-2;1-5-8-11(4,9-6-2)10-7-3;2*1-5-9(6-2,7-3)8-4;1-5-8(4,6-2)7-3/h7-11H,4-6,12-13H2,1-3H3;7-11H,4-6H2,1-3H3;4-8H,9-10H2,1-3H3;4-8H,1-3H3;5-8H2,1-4H3;5-8H2,1-4H3;5-7H2,1-4H3;5-6H2,1-4H3;5H2,1-4H3;1-4H3. The van der Waals surface area contributed by atoms with Crippen LogP contribution in [0.15, 0.2) is 121 Å². The quantitative estimate of drug-likeness (QED) is 0.0372. The molecule has 0 saturated carbocycles. The van der Waals surface area contributed by atoms with Crippen molar-refractivity contribution in [2.24, 2.45) is 0 Å². The Kier molecular flexibility index (Phi) is 88.0. The predicted octanol–water partition coefficient (Wildman–Crippen LogP) is 17.5. The first kappa shape index (κ1) is 131. The number of benzene rings is 4. The van der Waals surface area contributed by atoms with Gasteiger partial charge in [0.15, 0.2) is 0 Å². The lowest BCUT2D eigenvalue weighted by atomic mass is 10.2. The summed E-state index contributed by atoms with van der Waals surface area (Å²) in [5, 5.41) is 2.00. The normalized spacial score (nSPS) is 11.8. The van der Waals surface area contributed by atoms with Crippen molar-refractivity contribution < 1.29 is 124 Å². The lowest BCUT2D eigenvalue weighted by Crippen LogP contribution is -2.56. The molecule has 0 heterocycles. The van der Waals surface area contributed by atoms with E-state index >= 15 is 0 Å². The summed E-state index contributed by atoms with van der Waals surface area (Å²) in [5.74, 6) is 0. The van der Waals surface area contributed by atoms with Crippen LogP contribution in [0, 0.1) is 0 Å². The van der Waals surface area contributed by atoms with Gasteiger partial charge in [-0.05, 0) is 145 Å². The van der Waals surface area contributed by atoms with Gasteiger partial charge in [0.25, 0.3) is 0 Å². The van der Waals surface area contributed by atoms with Crippen LogP contribution in [0.5, 0.6) is 0 Å². The van der Waals surface area contributed by atoms with Crippen LogP contribution >= 0.6 is 0 Å². The highest BCUT2D eigenvalue weighted by atomic mass is 28.4. The van der Waals surface area contributed by atoms with E-state index in [1.807, 2.05) is 209 Å². The van der Waals surface area contributed by atoms with Gasteiger partial charge in [-0.25, -0.2) is 0 Å². The molecule has 0 amide bonds. The van der Waals surface area contributed by atoms with Crippen LogP contribution in [0.2, 0.25) is 61.4 Å². The summed E-state index contributed by atoms with van der Waals surface area (Å²) in [6.45, 7) is 53.2. The smallest absolute Gasteiger partial charge is 0.398 e. The fraction of sp³-hybridized carbons (Fsp3) is 0.714. The van der Waals surface area contributed by atoms with E-state index in [0.717, 1.165) is 84.8 Å². The van der Waals surface area contributed by atoms with Crippen LogP contribution in [-0.4, -0.2) is 280 Å². The number of hydrogen-bond donors (Lipinski definition) is 0. The molecule has 122 heavy (non-hydrogen) atoms. The molecule has 0 aliphatic carbocycles. The zero-order valence-corrected chi connectivity index (χ0v) is 92.9. The Hall–Kier alpha value is -2.07. The van der Waals surface area contributed by atoms with Crippen molar-refractivity contribution in [3.8, 4) is 0 Å². The molecule has 0 radical (unpaired) electrons. The highest BCUT2D eigenvalue weighted by Gasteiger charge is 2.45. The van der Waals surface area contributed by atoms with Gasteiger partial charge in [-0.1, -0.05) is 163 Å². The molecular formula is C84H176O28Si10. The van der Waals surface area contributed by atoms with Crippen molar-refractivity contribution in [3.05, 3.63) is 132 Å². The van der Waals surface area contributed by atoms with Gasteiger partial charge in [0.2, 0.25) is 0 Å². The maximum absolute atomic E-state index is 5.83. The Morgan fingerprint density at radius 3 is 0.615 bits per heavy atom. The average Bonchev–Trinajstić information content (AvgIpc) is 0.814. The Morgan fingerprint density at radius 2 is 0.426 bits per heavy atom. The molecule has 38 heteroatoms. The number of hydrogen-bond acceptors (Lipinski definition) is 28. The Labute approximate surface area is 754 Å². The van der Waals surface area contributed by atoms with Crippen molar-refractivity contribution in [1.29, 1.82) is 0 Å². The predicted molar refractivity (Wildman–Crippen MR) is 515 cm³/mol. The molecule has 0 spiro atoms. The summed E-state index contributed by atoms with van der Waals surface area (Å²) < 4.78 is 152. The second kappa shape index (κ2) is 82.1. The SMILES string of the molecule is CCO[Si](C)(OCC)OCC.CCO[Si](CC)(CC)OCC.CCO[Si](CC)(OCC)OCC.CCO[Si](CCc1ccccc1)(OCC)OCC.CCO[Si](OCC)(OCC)c1ccccc1.CC[Si](CC)(OC)OC.CC[Si](OC)(OC)OC.CO[Si](C)(OC)OC.CO[Si](CCc1ccccc1)(OC)OC.CO[Si](OC)(OC)c1ccccc1. The molecule has 0 fully saturated rings. The maximum Gasteiger partial charge on any atom is 0.537 e. The monoisotopic (exact) mass is 1910 g/mol. The van der Waals surface area contributed by atoms with E-state index in [4.69, 9.17) is 124 Å². The summed E-state index contributed by atoms with van der Waals surface area (Å²) in [7, 11) is 0.346. The van der Waals surface area contributed by atoms with Gasteiger partial charge in [0, 0.05) is 240 Å². The molecule has 4 aromatic rings. The van der Waals surface area contributed by atoms with E-state index < -0.39 is 87.6 Å². The molecular weight excluding hydrogens is 1740 g/mol. The summed E-state index contributed by atoms with van der Waals surface area (Å²) >= 11 is 0. The van der Waals surface area contributed by atoms with Crippen LogP contribution < -0.4 is 10.4 Å². The van der Waals surface area contributed by atoms with Crippen molar-refractivity contribution >= 4 is 97.9 Å². The molecule has 28 nitrogen and oxygen atoms in total. The first-order valence-electron chi connectivity index (χ1n) is 43.3. The molecule has 0 bridgehead atoms. The van der Waals surface area contributed by atoms with Crippen LogP contribution in [0.1, 0.15) is 150 Å². The third kappa shape index (κ3) is 55.8. The van der Waals surface area contributed by atoms with Crippen molar-refractivity contribution in [3.63, 3.8) is 0 Å². The maximum atomic E-state index is 5.83. The highest BCUT2D eigenvalue weighted by Crippen LogP contribution is 2.23. The number of aryl methyl sites for hydroxylation is 2. The Morgan fingerprint density at radius 1 is 0.189 bits per heavy atom. The third-order valence-electron chi connectivity index (χ3n) is 18.2. The largest absolute Gasteiger partial charge is 0.537 e. The van der Waals surface area contributed by atoms with Crippen LogP contribution in [-0.2, 0) is 137 Å². The highest BCUT2D eigenvalue weighted by molar-refractivity contribution is 6.76. The minimum absolute atomic E-state index is 0.598. The van der Waals surface area contributed by atoms with E-state index in [2.05, 4.69) is 64.1 Å². The molecule has 0 aromatic heterocycles. The minimum Gasteiger partial charge on any atom is -0.398 e. The summed E-state index contributed by atoms with van der Waals surface area (Å²) in [6.07, 6.45) is 1.86. The van der Waals surface area contributed by atoms with Gasteiger partial charge in [0.1, 0.15) is 0 Å². The fourth-order valence-corrected chi connectivity index (χ4v) is 30.1. The molecule has 0 aliphatic heterocycles. The van der Waals surface area contributed by atoms with Gasteiger partial charge in [0.05, 0.1) is 0 Å². The van der Waals surface area contributed by atoms with E-state index in [-0.39, 0.29) is 0 Å². The zero-order chi connectivity index (χ0) is 94.2. The second-order valence-electron chi connectivity index (χ2n) is 25.1. The first-order chi connectivity index (χ1) is 58.4. The molecule has 4 aromatic carbocycles. The summed E-state index contributed by atoms with van der Waals surface area (Å²) in [6, 6.07) is 47.9. The molecule has 0 N–H and O–H groups in total. The Bertz CT molecular complexity index is 2650. The van der Waals surface area contributed by atoms with Gasteiger partial charge in [-0.15, -0.1) is 0 Å². The number of rotatable bonds is 56. The molecule has 4 rings (SSSR count). The van der Waals surface area contributed by atoms with Crippen molar-refractivity contribution in [1.82, 2.24) is 0 Å². The minimum atomic E-state index is -2.67. The van der Waals surface area contributed by atoms with Crippen LogP contribution in [0.4, 0.5) is 0 Å². The van der Waals surface area contributed by atoms with E-state index in [0.29, 0.717) is 79.3 Å².